The van der Waals surface area contributed by atoms with E-state index in [9.17, 15) is 19.2 Å². The second-order valence-electron chi connectivity index (χ2n) is 10.7. The van der Waals surface area contributed by atoms with Gasteiger partial charge in [-0.1, -0.05) is 147 Å². The summed E-state index contributed by atoms with van der Waals surface area (Å²) in [5, 5.41) is 18.5. The molecule has 0 fully saturated rings. The Morgan fingerprint density at radius 2 is 1.37 bits per heavy atom. The van der Waals surface area contributed by atoms with E-state index in [0.29, 0.717) is 23.9 Å². The molecule has 0 aromatic rings. The van der Waals surface area contributed by atoms with Gasteiger partial charge in [0.2, 0.25) is 0 Å². The zero-order valence-corrected chi connectivity index (χ0v) is 34.8. The summed E-state index contributed by atoms with van der Waals surface area (Å²) in [6, 6.07) is -0.974. The number of nitrogens with one attached hydrogen (secondary N) is 4. The quantitative estimate of drug-likeness (QED) is 0.0485. The molecule has 4 amide bonds. The number of nitrogens with zero attached hydrogens (tertiary/aromatic N) is 1. The monoisotopic (exact) mass is 700 g/mol. The van der Waals surface area contributed by atoms with Crippen LogP contribution in [-0.4, -0.2) is 80.6 Å². The number of urea groups is 1. The first kappa shape index (κ1) is 58.4. The predicted octanol–water partition coefficient (Wildman–Crippen LogP) is 7.93. The number of allylic oxidation sites excluding steroid dienone is 3. The fraction of sp³-hybridized carbons (Fsp3) is 0.744. The van der Waals surface area contributed by atoms with Crippen molar-refractivity contribution in [2.24, 2.45) is 5.41 Å². The van der Waals surface area contributed by atoms with Gasteiger partial charge in [0, 0.05) is 11.1 Å². The first-order valence-electron chi connectivity index (χ1n) is 18.8. The number of rotatable bonds is 11. The molecule has 0 saturated heterocycles. The zero-order valence-electron chi connectivity index (χ0n) is 34.8. The highest BCUT2D eigenvalue weighted by Crippen LogP contribution is 2.29. The van der Waals surface area contributed by atoms with Gasteiger partial charge in [-0.05, 0) is 45.3 Å². The summed E-state index contributed by atoms with van der Waals surface area (Å²) in [5.74, 6) is -0.647. The molecule has 292 valence electrons. The Kier molecular flexibility index (Phi) is 53.8. The second kappa shape index (κ2) is 45.2. The normalized spacial score (nSPS) is 13.4. The van der Waals surface area contributed by atoms with Crippen LogP contribution in [0.4, 0.5) is 4.79 Å². The summed E-state index contributed by atoms with van der Waals surface area (Å²) in [6.07, 6.45) is 15.8. The molecular weight excluding hydrogens is 618 g/mol. The average Bonchev–Trinajstić information content (AvgIpc) is 3.32. The summed E-state index contributed by atoms with van der Waals surface area (Å²) < 4.78 is 0. The minimum atomic E-state index is -0.509. The van der Waals surface area contributed by atoms with E-state index in [2.05, 4.69) is 42.0 Å². The molecule has 1 aliphatic carbocycles. The van der Waals surface area contributed by atoms with E-state index in [1.165, 1.54) is 37.0 Å². The van der Waals surface area contributed by atoms with Crippen molar-refractivity contribution in [1.82, 2.24) is 26.2 Å². The number of unbranched alkanes of at least 4 members (excludes halogenated alkanes) is 3. The first-order valence-corrected chi connectivity index (χ1v) is 18.8. The van der Waals surface area contributed by atoms with Crippen molar-refractivity contribution < 1.29 is 24.3 Å². The molecule has 2 aliphatic rings. The third kappa shape index (κ3) is 33.5. The molecule has 0 aromatic heterocycles. The number of aldehydes is 1. The Hall–Kier alpha value is -2.82. The highest BCUT2D eigenvalue weighted by Gasteiger charge is 2.40. The van der Waals surface area contributed by atoms with Gasteiger partial charge >= 0.3 is 6.03 Å². The minimum absolute atomic E-state index is 0.0694. The van der Waals surface area contributed by atoms with Crippen LogP contribution in [-0.2, 0) is 14.4 Å². The lowest BCUT2D eigenvalue weighted by molar-refractivity contribution is -0.138. The molecular formula is C39H81N5O5. The lowest BCUT2D eigenvalue weighted by Gasteiger charge is -2.34. The molecule has 1 heterocycles. The van der Waals surface area contributed by atoms with Crippen LogP contribution in [0.25, 0.3) is 0 Å². The van der Waals surface area contributed by atoms with Gasteiger partial charge in [-0.2, -0.15) is 0 Å². The number of imide groups is 1. The van der Waals surface area contributed by atoms with Gasteiger partial charge in [-0.15, -0.1) is 0 Å². The standard InChI is InChI=1S/C19H25N3O4.C5H13N.C5H12.C2H7NO.4C2H6/c1-19(2,3)15(21-18(26)20-10-11-23)12-22-16(24)13-8-6-4-5-7-9-14(13)17(22)25;1-3-4-5-6-2;1-3-5-4-2;1-3-2-4;4*1-2/h4,6-7,9,11,15H,5,8,10,12H2,1-3H3,(H2,20,21,26);6H,3-5H2,1-2H3;3-5H2,1-2H3;3-4H,2H2,1H3;4*1-2H3/b6-4-,9-7?;;;;;;;. The van der Waals surface area contributed by atoms with E-state index >= 15 is 0 Å². The molecule has 0 spiro atoms. The third-order valence-corrected chi connectivity index (χ3v) is 6.06. The minimum Gasteiger partial charge on any atom is -0.381 e. The molecule has 1 unspecified atom stereocenters. The Morgan fingerprint density at radius 1 is 0.857 bits per heavy atom. The molecule has 0 aromatic carbocycles. The van der Waals surface area contributed by atoms with E-state index in [0.717, 1.165) is 13.0 Å². The maximum absolute atomic E-state index is 12.7. The van der Waals surface area contributed by atoms with Crippen molar-refractivity contribution in [3.05, 3.63) is 35.5 Å². The number of carbonyl (C=O) groups is 4. The van der Waals surface area contributed by atoms with Gasteiger partial charge in [0.15, 0.2) is 0 Å². The number of hydrogen-bond donors (Lipinski definition) is 5. The molecule has 1 aliphatic heterocycles. The maximum Gasteiger partial charge on any atom is 0.315 e. The zero-order chi connectivity index (χ0) is 39.7. The van der Waals surface area contributed by atoms with Gasteiger partial charge in [0.1, 0.15) is 6.29 Å². The number of aliphatic hydroxyl groups is 1. The maximum atomic E-state index is 12.7. The molecule has 49 heavy (non-hydrogen) atoms. The third-order valence-electron chi connectivity index (χ3n) is 6.06. The van der Waals surface area contributed by atoms with E-state index in [-0.39, 0.29) is 31.6 Å². The van der Waals surface area contributed by atoms with Crippen molar-refractivity contribution in [3.63, 3.8) is 0 Å². The van der Waals surface area contributed by atoms with Crippen LogP contribution in [0.5, 0.6) is 0 Å². The summed E-state index contributed by atoms with van der Waals surface area (Å²) >= 11 is 0. The molecule has 10 heteroatoms. The van der Waals surface area contributed by atoms with E-state index in [1.807, 2.05) is 101 Å². The van der Waals surface area contributed by atoms with Crippen molar-refractivity contribution in [3.8, 4) is 0 Å². The number of hydrogen-bond acceptors (Lipinski definition) is 7. The van der Waals surface area contributed by atoms with Crippen LogP contribution in [0.2, 0.25) is 0 Å². The van der Waals surface area contributed by atoms with Crippen LogP contribution in [0.3, 0.4) is 0 Å². The average molecular weight is 700 g/mol. The smallest absolute Gasteiger partial charge is 0.315 e. The van der Waals surface area contributed by atoms with E-state index in [1.54, 1.807) is 13.1 Å². The van der Waals surface area contributed by atoms with Crippen molar-refractivity contribution in [2.75, 3.05) is 40.5 Å². The molecule has 2 rings (SSSR count). The molecule has 10 nitrogen and oxygen atoms in total. The topological polar surface area (TPSA) is 140 Å². The van der Waals surface area contributed by atoms with Gasteiger partial charge < -0.3 is 25.9 Å². The molecule has 0 bridgehead atoms. The van der Waals surface area contributed by atoms with Crippen LogP contribution >= 0.6 is 0 Å². The van der Waals surface area contributed by atoms with E-state index < -0.39 is 17.5 Å². The fourth-order valence-corrected chi connectivity index (χ4v) is 3.51. The molecule has 5 N–H and O–H groups in total. The number of aliphatic hydroxyl groups excluding tert-OH is 1. The van der Waals surface area contributed by atoms with Gasteiger partial charge in [0.25, 0.3) is 11.8 Å². The predicted molar refractivity (Wildman–Crippen MR) is 213 cm³/mol. The Morgan fingerprint density at radius 3 is 1.73 bits per heavy atom. The van der Waals surface area contributed by atoms with Gasteiger partial charge in [0.05, 0.1) is 25.9 Å². The Labute approximate surface area is 303 Å². The van der Waals surface area contributed by atoms with Crippen LogP contribution in [0.1, 0.15) is 142 Å². The second-order valence-corrected chi connectivity index (χ2v) is 10.7. The fourth-order valence-electron chi connectivity index (χ4n) is 3.51. The summed E-state index contributed by atoms with van der Waals surface area (Å²) in [4.78, 5) is 49.0. The SMILES string of the molecule is CC.CC.CC.CC.CC(C)(C)C(CN1C(=O)C2=C(C/C=C\CC=C2)C1=O)NC(=O)NCC=O.CCCCC.CCCCNC.CNCO. The largest absolute Gasteiger partial charge is 0.381 e. The number of amides is 4. The summed E-state index contributed by atoms with van der Waals surface area (Å²) in [5.41, 5.74) is 0.517. The van der Waals surface area contributed by atoms with E-state index in [4.69, 9.17) is 5.11 Å². The van der Waals surface area contributed by atoms with Crippen molar-refractivity contribution in [1.29, 1.82) is 0 Å². The van der Waals surface area contributed by atoms with Crippen molar-refractivity contribution >= 4 is 24.1 Å². The molecule has 0 saturated carbocycles. The highest BCUT2D eigenvalue weighted by atomic mass is 16.3. The lowest BCUT2D eigenvalue weighted by Crippen LogP contribution is -2.54. The van der Waals surface area contributed by atoms with Crippen LogP contribution in [0, 0.1) is 5.41 Å². The van der Waals surface area contributed by atoms with Gasteiger partial charge in [-0.25, -0.2) is 4.79 Å². The van der Waals surface area contributed by atoms with Crippen LogP contribution in [0.15, 0.2) is 35.5 Å². The summed E-state index contributed by atoms with van der Waals surface area (Å²) in [7, 11) is 3.66. The van der Waals surface area contributed by atoms with Gasteiger partial charge in [-0.3, -0.25) is 19.8 Å². The molecule has 0 radical (unpaired) electrons. The molecule has 1 atom stereocenters. The Balaban J connectivity index is -0.000000165. The Bertz CT molecular complexity index is 841. The lowest BCUT2D eigenvalue weighted by atomic mass is 9.86. The van der Waals surface area contributed by atoms with Crippen molar-refractivity contribution in [2.45, 2.75) is 148 Å². The highest BCUT2D eigenvalue weighted by molar-refractivity contribution is 6.20. The number of carbonyl (C=O) groups excluding carboxylic acids is 4. The first-order chi connectivity index (χ1) is 23.5. The summed E-state index contributed by atoms with van der Waals surface area (Å²) in [6.45, 7) is 29.6. The van der Waals surface area contributed by atoms with Crippen LogP contribution < -0.4 is 21.3 Å².